The van der Waals surface area contributed by atoms with Crippen LogP contribution in [0, 0.1) is 0 Å². The Kier molecular flexibility index (Phi) is 5.57. The van der Waals surface area contributed by atoms with Crippen molar-refractivity contribution in [2.45, 2.75) is 6.54 Å². The first kappa shape index (κ1) is 24.1. The zero-order valence-corrected chi connectivity index (χ0v) is 22.5. The number of benzene rings is 5. The molecule has 3 heterocycles. The van der Waals surface area contributed by atoms with Crippen LogP contribution in [0.1, 0.15) is 11.1 Å². The summed E-state index contributed by atoms with van der Waals surface area (Å²) in [5.41, 5.74) is 4.29. The molecule has 3 aromatic heterocycles. The van der Waals surface area contributed by atoms with Crippen LogP contribution in [0.5, 0.6) is 0 Å². The summed E-state index contributed by atoms with van der Waals surface area (Å²) in [7, 11) is 0. The lowest BCUT2D eigenvalue weighted by Crippen LogP contribution is -2.20. The maximum absolute atomic E-state index is 13.8. The van der Waals surface area contributed by atoms with E-state index in [1.807, 2.05) is 60.7 Å². The maximum atomic E-state index is 13.8. The fourth-order valence-corrected chi connectivity index (χ4v) is 5.73. The molecule has 0 aliphatic carbocycles. The van der Waals surface area contributed by atoms with E-state index in [0.717, 1.165) is 27.4 Å². The minimum absolute atomic E-state index is 0.258. The van der Waals surface area contributed by atoms with Gasteiger partial charge in [-0.25, -0.2) is 4.98 Å². The molecule has 0 spiro atoms. The second kappa shape index (κ2) is 9.71. The summed E-state index contributed by atoms with van der Waals surface area (Å²) < 4.78 is 9.71. The molecule has 0 fully saturated rings. The fourth-order valence-electron chi connectivity index (χ4n) is 5.73. The molecule has 0 aliphatic rings. The summed E-state index contributed by atoms with van der Waals surface area (Å²) in [4.78, 5) is 18.6. The molecule has 8 rings (SSSR count). The number of nitrogens with zero attached hydrogens (tertiary/aromatic N) is 4. The van der Waals surface area contributed by atoms with Gasteiger partial charge in [-0.1, -0.05) is 91.0 Å². The molecule has 0 amide bonds. The molecule has 8 aromatic rings. The highest BCUT2D eigenvalue weighted by Gasteiger charge is 2.17. The van der Waals surface area contributed by atoms with Crippen molar-refractivity contribution in [2.24, 2.45) is 5.10 Å². The van der Waals surface area contributed by atoms with E-state index >= 15 is 0 Å². The molecule has 0 unspecified atom stereocenters. The molecular formula is C36H24N4O2. The zero-order valence-electron chi connectivity index (χ0n) is 22.5. The van der Waals surface area contributed by atoms with E-state index < -0.39 is 0 Å². The number of rotatable bonds is 5. The predicted octanol–water partition coefficient (Wildman–Crippen LogP) is 7.85. The van der Waals surface area contributed by atoms with Crippen molar-refractivity contribution in [2.75, 3.05) is 0 Å². The van der Waals surface area contributed by atoms with Crippen LogP contribution in [0.4, 0.5) is 0 Å². The minimum Gasteiger partial charge on any atom is -0.453 e. The Morgan fingerprint density at radius 1 is 0.738 bits per heavy atom. The van der Waals surface area contributed by atoms with Crippen LogP contribution in [-0.2, 0) is 6.54 Å². The Balaban J connectivity index is 1.27. The van der Waals surface area contributed by atoms with Crippen molar-refractivity contribution in [1.82, 2.24) is 14.2 Å². The highest BCUT2D eigenvalue weighted by Crippen LogP contribution is 2.28. The molecule has 0 radical (unpaired) electrons. The molecule has 0 N–H and O–H groups in total. The highest BCUT2D eigenvalue weighted by atomic mass is 16.3. The molecule has 0 aliphatic heterocycles. The van der Waals surface area contributed by atoms with Gasteiger partial charge in [0.2, 0.25) is 5.82 Å². The van der Waals surface area contributed by atoms with Gasteiger partial charge in [-0.3, -0.25) is 4.79 Å². The van der Waals surface area contributed by atoms with Crippen LogP contribution in [-0.4, -0.2) is 20.4 Å². The summed E-state index contributed by atoms with van der Waals surface area (Å²) >= 11 is 0. The highest BCUT2D eigenvalue weighted by molar-refractivity contribution is 5.99. The SMILES string of the molecule is O=c1c2ccccc2nc(-c2cc3ccccc3o2)n1N=Cc1cn(Cc2cccc3ccccc23)c2ccccc12. The van der Waals surface area contributed by atoms with Gasteiger partial charge >= 0.3 is 0 Å². The second-order valence-electron chi connectivity index (χ2n) is 10.3. The Labute approximate surface area is 240 Å². The number of para-hydroxylation sites is 3. The summed E-state index contributed by atoms with van der Waals surface area (Å²) in [5.74, 6) is 0.834. The van der Waals surface area contributed by atoms with E-state index in [0.29, 0.717) is 29.0 Å². The maximum Gasteiger partial charge on any atom is 0.282 e. The average molecular weight is 545 g/mol. The van der Waals surface area contributed by atoms with Gasteiger partial charge in [-0.05, 0) is 46.7 Å². The quantitative estimate of drug-likeness (QED) is 0.207. The summed E-state index contributed by atoms with van der Waals surface area (Å²) in [6, 6.07) is 40.1. The van der Waals surface area contributed by atoms with Crippen LogP contribution < -0.4 is 5.56 Å². The van der Waals surface area contributed by atoms with Gasteiger partial charge in [0.1, 0.15) is 5.58 Å². The minimum atomic E-state index is -0.258. The Morgan fingerprint density at radius 2 is 1.45 bits per heavy atom. The molecule has 0 bridgehead atoms. The van der Waals surface area contributed by atoms with Crippen LogP contribution >= 0.6 is 0 Å². The van der Waals surface area contributed by atoms with Gasteiger partial charge < -0.3 is 8.98 Å². The number of aromatic nitrogens is 3. The number of fused-ring (bicyclic) bond motifs is 4. The van der Waals surface area contributed by atoms with Gasteiger partial charge in [-0.15, -0.1) is 0 Å². The number of hydrogen-bond acceptors (Lipinski definition) is 4. The largest absolute Gasteiger partial charge is 0.453 e. The lowest BCUT2D eigenvalue weighted by molar-refractivity contribution is 0.616. The monoisotopic (exact) mass is 544 g/mol. The van der Waals surface area contributed by atoms with Gasteiger partial charge in [-0.2, -0.15) is 9.78 Å². The molecule has 6 nitrogen and oxygen atoms in total. The van der Waals surface area contributed by atoms with Crippen LogP contribution in [0.2, 0.25) is 0 Å². The summed E-state index contributed by atoms with van der Waals surface area (Å²) in [6.45, 7) is 0.706. The summed E-state index contributed by atoms with van der Waals surface area (Å²) in [6.07, 6.45) is 3.84. The third-order valence-corrected chi connectivity index (χ3v) is 7.75. The number of hydrogen-bond donors (Lipinski definition) is 0. The second-order valence-corrected chi connectivity index (χ2v) is 10.3. The van der Waals surface area contributed by atoms with Crippen LogP contribution in [0.3, 0.4) is 0 Å². The van der Waals surface area contributed by atoms with Gasteiger partial charge in [0.15, 0.2) is 5.76 Å². The molecular weight excluding hydrogens is 520 g/mol. The van der Waals surface area contributed by atoms with Gasteiger partial charge in [0.25, 0.3) is 5.56 Å². The van der Waals surface area contributed by atoms with E-state index in [1.54, 1.807) is 12.3 Å². The first-order valence-corrected chi connectivity index (χ1v) is 13.8. The molecule has 5 aromatic carbocycles. The Morgan fingerprint density at radius 3 is 2.33 bits per heavy atom. The smallest absolute Gasteiger partial charge is 0.282 e. The average Bonchev–Trinajstić information content (AvgIpc) is 3.62. The van der Waals surface area contributed by atoms with Gasteiger partial charge in [0.05, 0.1) is 17.1 Å². The first-order valence-electron chi connectivity index (χ1n) is 13.8. The lowest BCUT2D eigenvalue weighted by atomic mass is 10.0. The lowest BCUT2D eigenvalue weighted by Gasteiger charge is -2.09. The van der Waals surface area contributed by atoms with Gasteiger partial charge in [0, 0.05) is 34.6 Å². The van der Waals surface area contributed by atoms with Crippen molar-refractivity contribution in [1.29, 1.82) is 0 Å². The third kappa shape index (κ3) is 4.00. The molecule has 42 heavy (non-hydrogen) atoms. The van der Waals surface area contributed by atoms with Crippen LogP contribution in [0.25, 0.3) is 55.1 Å². The Hall–Kier alpha value is -5.75. The molecule has 200 valence electrons. The third-order valence-electron chi connectivity index (χ3n) is 7.75. The fraction of sp³-hybridized carbons (Fsp3) is 0.0278. The molecule has 0 atom stereocenters. The topological polar surface area (TPSA) is 65.3 Å². The predicted molar refractivity (Wildman–Crippen MR) is 169 cm³/mol. The zero-order chi connectivity index (χ0) is 28.0. The van der Waals surface area contributed by atoms with Crippen molar-refractivity contribution >= 4 is 49.8 Å². The van der Waals surface area contributed by atoms with E-state index in [-0.39, 0.29) is 5.56 Å². The Bertz CT molecular complexity index is 2340. The van der Waals surface area contributed by atoms with E-state index in [4.69, 9.17) is 14.5 Å². The molecule has 6 heteroatoms. The van der Waals surface area contributed by atoms with E-state index in [2.05, 4.69) is 65.4 Å². The molecule has 0 saturated heterocycles. The number of furan rings is 1. The standard InChI is InChI=1S/C36H24N4O2/c41-36-30-16-4-6-17-31(30)38-35(34-20-25-11-2-8-19-33(25)42-34)40(36)37-21-27-23-39(32-18-7-5-15-29(27)32)22-26-13-9-12-24-10-1-3-14-28(24)26/h1-21,23H,22H2. The van der Waals surface area contributed by atoms with Crippen molar-refractivity contribution in [3.05, 3.63) is 149 Å². The van der Waals surface area contributed by atoms with Crippen LogP contribution in [0.15, 0.2) is 142 Å². The molecule has 0 saturated carbocycles. The summed E-state index contributed by atoms with van der Waals surface area (Å²) in [5, 5.41) is 9.66. The first-order chi connectivity index (χ1) is 20.7. The van der Waals surface area contributed by atoms with E-state index in [9.17, 15) is 4.79 Å². The van der Waals surface area contributed by atoms with Crippen molar-refractivity contribution in [3.63, 3.8) is 0 Å². The van der Waals surface area contributed by atoms with Crippen molar-refractivity contribution in [3.8, 4) is 11.6 Å². The van der Waals surface area contributed by atoms with E-state index in [1.165, 1.54) is 21.0 Å². The normalized spacial score (nSPS) is 11.9. The van der Waals surface area contributed by atoms with Crippen molar-refractivity contribution < 1.29 is 4.42 Å².